The molecule has 3 aromatic rings. The predicted molar refractivity (Wildman–Crippen MR) is 97.0 cm³/mol. The lowest BCUT2D eigenvalue weighted by molar-refractivity contribution is -0.120. The van der Waals surface area contributed by atoms with Gasteiger partial charge in [-0.2, -0.15) is 5.26 Å². The maximum absolute atomic E-state index is 14.0. The molecular formula is C20H15FN2O4. The third kappa shape index (κ3) is 4.30. The number of hydrogen-bond donors (Lipinski definition) is 0. The summed E-state index contributed by atoms with van der Waals surface area (Å²) in [4.78, 5) is 25.0. The highest BCUT2D eigenvalue weighted by Crippen LogP contribution is 2.21. The number of anilines is 1. The second-order valence-corrected chi connectivity index (χ2v) is 5.65. The van der Waals surface area contributed by atoms with Crippen LogP contribution in [0.5, 0.6) is 5.75 Å². The zero-order chi connectivity index (χ0) is 19.2. The molecule has 1 heterocycles. The molecule has 0 saturated heterocycles. The van der Waals surface area contributed by atoms with Crippen molar-refractivity contribution in [2.45, 2.75) is 6.42 Å². The van der Waals surface area contributed by atoms with Crippen molar-refractivity contribution in [3.05, 3.63) is 70.8 Å². The molecule has 0 bridgehead atoms. The Hall–Kier alpha value is -3.66. The van der Waals surface area contributed by atoms with Crippen molar-refractivity contribution in [1.29, 1.82) is 5.26 Å². The lowest BCUT2D eigenvalue weighted by atomic mass is 10.2. The molecule has 1 aromatic heterocycles. The SMILES string of the molecule is N#CCCN(C(=O)COc1ccc2ccc(=O)oc2c1)c1ccccc1F. The molecule has 0 spiro atoms. The van der Waals surface area contributed by atoms with Crippen LogP contribution in [0, 0.1) is 17.1 Å². The summed E-state index contributed by atoms with van der Waals surface area (Å²) in [5, 5.41) is 9.51. The summed E-state index contributed by atoms with van der Waals surface area (Å²) >= 11 is 0. The molecule has 0 atom stereocenters. The molecule has 27 heavy (non-hydrogen) atoms. The number of carbonyl (C=O) groups excluding carboxylic acids is 1. The number of carbonyl (C=O) groups is 1. The van der Waals surface area contributed by atoms with E-state index in [9.17, 15) is 14.0 Å². The van der Waals surface area contributed by atoms with Crippen LogP contribution < -0.4 is 15.3 Å². The first-order valence-corrected chi connectivity index (χ1v) is 8.17. The summed E-state index contributed by atoms with van der Waals surface area (Å²) < 4.78 is 24.6. The van der Waals surface area contributed by atoms with Crippen molar-refractivity contribution in [3.8, 4) is 11.8 Å². The number of nitrogens with zero attached hydrogens (tertiary/aromatic N) is 2. The topological polar surface area (TPSA) is 83.5 Å². The fourth-order valence-electron chi connectivity index (χ4n) is 2.57. The first-order chi connectivity index (χ1) is 13.1. The maximum Gasteiger partial charge on any atom is 0.336 e. The average molecular weight is 366 g/mol. The monoisotopic (exact) mass is 366 g/mol. The van der Waals surface area contributed by atoms with Crippen LogP contribution in [0.25, 0.3) is 11.0 Å². The molecule has 0 radical (unpaired) electrons. The van der Waals surface area contributed by atoms with Crippen molar-refractivity contribution >= 4 is 22.6 Å². The molecule has 0 saturated carbocycles. The van der Waals surface area contributed by atoms with Gasteiger partial charge in [-0.1, -0.05) is 12.1 Å². The highest BCUT2D eigenvalue weighted by molar-refractivity contribution is 5.94. The van der Waals surface area contributed by atoms with Crippen molar-refractivity contribution in [3.63, 3.8) is 0 Å². The van der Waals surface area contributed by atoms with Crippen LogP contribution in [0.3, 0.4) is 0 Å². The molecule has 0 N–H and O–H groups in total. The van der Waals surface area contributed by atoms with Crippen molar-refractivity contribution in [2.24, 2.45) is 0 Å². The number of halogens is 1. The van der Waals surface area contributed by atoms with Gasteiger partial charge in [0.25, 0.3) is 5.91 Å². The van der Waals surface area contributed by atoms with Crippen LogP contribution in [0.1, 0.15) is 6.42 Å². The van der Waals surface area contributed by atoms with Crippen LogP contribution in [0.4, 0.5) is 10.1 Å². The van der Waals surface area contributed by atoms with Crippen molar-refractivity contribution < 1.29 is 18.3 Å². The standard InChI is InChI=1S/C20H15FN2O4/c21-16-4-1-2-5-17(16)23(11-3-10-22)19(24)13-26-15-8-6-14-7-9-20(25)27-18(14)12-15/h1-2,4-9,12H,3,11,13H2. The smallest absolute Gasteiger partial charge is 0.336 e. The predicted octanol–water partition coefficient (Wildman–Crippen LogP) is 3.26. The minimum atomic E-state index is -0.559. The molecule has 6 nitrogen and oxygen atoms in total. The average Bonchev–Trinajstić information content (AvgIpc) is 2.67. The van der Waals surface area contributed by atoms with E-state index in [4.69, 9.17) is 14.4 Å². The van der Waals surface area contributed by atoms with E-state index in [1.54, 1.807) is 24.3 Å². The highest BCUT2D eigenvalue weighted by Gasteiger charge is 2.19. The Morgan fingerprint density at radius 1 is 1.19 bits per heavy atom. The fraction of sp³-hybridized carbons (Fsp3) is 0.150. The van der Waals surface area contributed by atoms with E-state index in [0.717, 1.165) is 5.39 Å². The van der Waals surface area contributed by atoms with Gasteiger partial charge in [0.05, 0.1) is 18.2 Å². The van der Waals surface area contributed by atoms with Crippen LogP contribution in [0.15, 0.2) is 63.8 Å². The van der Waals surface area contributed by atoms with Gasteiger partial charge in [-0.15, -0.1) is 0 Å². The van der Waals surface area contributed by atoms with Crippen LogP contribution >= 0.6 is 0 Å². The summed E-state index contributed by atoms with van der Waals surface area (Å²) in [7, 11) is 0. The molecule has 2 aromatic carbocycles. The van der Waals surface area contributed by atoms with Gasteiger partial charge < -0.3 is 14.1 Å². The van der Waals surface area contributed by atoms with Gasteiger partial charge in [0.1, 0.15) is 17.1 Å². The van der Waals surface area contributed by atoms with Crippen molar-refractivity contribution in [2.75, 3.05) is 18.1 Å². The Balaban J connectivity index is 1.77. The van der Waals surface area contributed by atoms with Gasteiger partial charge in [0.2, 0.25) is 0 Å². The van der Waals surface area contributed by atoms with Crippen LogP contribution in [-0.4, -0.2) is 19.1 Å². The Morgan fingerprint density at radius 2 is 1.96 bits per heavy atom. The quantitative estimate of drug-likeness (QED) is 0.625. The highest BCUT2D eigenvalue weighted by atomic mass is 19.1. The van der Waals surface area contributed by atoms with E-state index in [2.05, 4.69) is 0 Å². The molecule has 0 aliphatic carbocycles. The Bertz CT molecular complexity index is 1070. The third-order valence-electron chi connectivity index (χ3n) is 3.85. The number of amides is 1. The number of ether oxygens (including phenoxy) is 1. The molecule has 136 valence electrons. The number of para-hydroxylation sites is 1. The minimum absolute atomic E-state index is 0.0478. The minimum Gasteiger partial charge on any atom is -0.484 e. The van der Waals surface area contributed by atoms with E-state index in [1.165, 1.54) is 35.2 Å². The third-order valence-corrected chi connectivity index (χ3v) is 3.85. The van der Waals surface area contributed by atoms with Gasteiger partial charge in [-0.05, 0) is 30.3 Å². The molecule has 0 aliphatic rings. The van der Waals surface area contributed by atoms with Crippen molar-refractivity contribution in [1.82, 2.24) is 0 Å². The molecule has 3 rings (SSSR count). The normalized spacial score (nSPS) is 10.4. The van der Waals surface area contributed by atoms with E-state index in [0.29, 0.717) is 11.3 Å². The largest absolute Gasteiger partial charge is 0.484 e. The van der Waals surface area contributed by atoms with Gasteiger partial charge in [0.15, 0.2) is 6.61 Å². The zero-order valence-electron chi connectivity index (χ0n) is 14.2. The van der Waals surface area contributed by atoms with Crippen LogP contribution in [-0.2, 0) is 4.79 Å². The molecule has 0 aliphatic heterocycles. The second kappa shape index (κ2) is 8.15. The van der Waals surface area contributed by atoms with E-state index >= 15 is 0 Å². The number of nitriles is 1. The molecule has 0 fully saturated rings. The number of fused-ring (bicyclic) bond motifs is 1. The van der Waals surface area contributed by atoms with Gasteiger partial charge in [-0.25, -0.2) is 9.18 Å². The Labute approximate surface area is 154 Å². The number of benzene rings is 2. The van der Waals surface area contributed by atoms with E-state index < -0.39 is 17.3 Å². The summed E-state index contributed by atoms with van der Waals surface area (Å²) in [5.74, 6) is -0.722. The molecular weight excluding hydrogens is 351 g/mol. The zero-order valence-corrected chi connectivity index (χ0v) is 14.2. The molecule has 7 heteroatoms. The maximum atomic E-state index is 14.0. The summed E-state index contributed by atoms with van der Waals surface area (Å²) in [6.45, 7) is -0.311. The first kappa shape index (κ1) is 18.1. The van der Waals surface area contributed by atoms with Crippen LogP contribution in [0.2, 0.25) is 0 Å². The Kier molecular flexibility index (Phi) is 5.47. The molecule has 0 unspecified atom stereocenters. The van der Waals surface area contributed by atoms with E-state index in [1.807, 2.05) is 6.07 Å². The summed E-state index contributed by atoms with van der Waals surface area (Å²) in [5.41, 5.74) is -0.0632. The summed E-state index contributed by atoms with van der Waals surface area (Å²) in [6.07, 6.45) is 0.0568. The summed E-state index contributed by atoms with van der Waals surface area (Å²) in [6, 6.07) is 15.6. The lowest BCUT2D eigenvalue weighted by Gasteiger charge is -2.22. The fourth-order valence-corrected chi connectivity index (χ4v) is 2.57. The van der Waals surface area contributed by atoms with E-state index in [-0.39, 0.29) is 25.3 Å². The number of hydrogen-bond acceptors (Lipinski definition) is 5. The number of rotatable bonds is 6. The lowest BCUT2D eigenvalue weighted by Crippen LogP contribution is -2.36. The second-order valence-electron chi connectivity index (χ2n) is 5.65. The first-order valence-electron chi connectivity index (χ1n) is 8.17. The Morgan fingerprint density at radius 3 is 2.74 bits per heavy atom. The van der Waals surface area contributed by atoms with Gasteiger partial charge in [-0.3, -0.25) is 4.79 Å². The molecule has 1 amide bonds. The van der Waals surface area contributed by atoms with Gasteiger partial charge in [0, 0.05) is 24.1 Å². The van der Waals surface area contributed by atoms with Gasteiger partial charge >= 0.3 is 5.63 Å².